The lowest BCUT2D eigenvalue weighted by atomic mass is 10.1. The van der Waals surface area contributed by atoms with Crippen molar-refractivity contribution in [1.29, 1.82) is 0 Å². The molecule has 2 aromatic rings. The molecule has 0 aliphatic rings. The van der Waals surface area contributed by atoms with Gasteiger partial charge in [0.2, 0.25) is 5.96 Å². The van der Waals surface area contributed by atoms with E-state index in [2.05, 4.69) is 46.5 Å². The molecule has 0 aromatic heterocycles. The molecule has 0 fully saturated rings. The molecule has 3 heteroatoms. The summed E-state index contributed by atoms with van der Waals surface area (Å²) in [4.78, 5) is 9.13. The molecule has 0 heterocycles. The normalized spacial score (nSPS) is 13.8. The van der Waals surface area contributed by atoms with Crippen LogP contribution in [0.2, 0.25) is 0 Å². The van der Waals surface area contributed by atoms with Crippen LogP contribution in [0.15, 0.2) is 70.6 Å². The number of nitrogens with zero attached hydrogens (tertiary/aromatic N) is 2. The molecular formula is C19H23N3. The van der Waals surface area contributed by atoms with E-state index >= 15 is 0 Å². The van der Waals surface area contributed by atoms with Crippen molar-refractivity contribution in [3.8, 4) is 0 Å². The van der Waals surface area contributed by atoms with Gasteiger partial charge in [0.15, 0.2) is 0 Å². The fourth-order valence-corrected chi connectivity index (χ4v) is 2.18. The van der Waals surface area contributed by atoms with E-state index in [4.69, 9.17) is 0 Å². The number of nitrogens with one attached hydrogen (secondary N) is 1. The fraction of sp³-hybridized carbons (Fsp3) is 0.263. The maximum atomic E-state index is 4.66. The van der Waals surface area contributed by atoms with Crippen LogP contribution < -0.4 is 5.32 Å². The van der Waals surface area contributed by atoms with Crippen LogP contribution in [0.3, 0.4) is 0 Å². The molecule has 1 N–H and O–H groups in total. The molecule has 114 valence electrons. The first-order valence-electron chi connectivity index (χ1n) is 7.67. The Kier molecular flexibility index (Phi) is 5.90. The Morgan fingerprint density at radius 3 is 2.18 bits per heavy atom. The lowest BCUT2D eigenvalue weighted by molar-refractivity contribution is 0.709. The zero-order valence-electron chi connectivity index (χ0n) is 13.5. The van der Waals surface area contributed by atoms with Gasteiger partial charge in [0.05, 0.1) is 6.04 Å². The Bertz CT molecular complexity index is 630. The molecule has 0 saturated carbocycles. The molecule has 1 atom stereocenters. The third kappa shape index (κ3) is 4.55. The van der Waals surface area contributed by atoms with Gasteiger partial charge in [0.25, 0.3) is 0 Å². The van der Waals surface area contributed by atoms with Crippen LogP contribution >= 0.6 is 0 Å². The quantitative estimate of drug-likeness (QED) is 0.665. The van der Waals surface area contributed by atoms with Gasteiger partial charge < -0.3 is 5.32 Å². The Hall–Kier alpha value is -2.42. The van der Waals surface area contributed by atoms with Crippen LogP contribution in [-0.4, -0.2) is 18.2 Å². The van der Waals surface area contributed by atoms with Crippen molar-refractivity contribution in [2.45, 2.75) is 26.8 Å². The minimum atomic E-state index is 0.166. The molecule has 0 aliphatic carbocycles. The first-order chi connectivity index (χ1) is 10.7. The first kappa shape index (κ1) is 16.0. The summed E-state index contributed by atoms with van der Waals surface area (Å²) in [6.45, 7) is 6.85. The highest BCUT2D eigenvalue weighted by atomic mass is 15.1. The van der Waals surface area contributed by atoms with Gasteiger partial charge in [-0.15, -0.1) is 0 Å². The van der Waals surface area contributed by atoms with Crippen LogP contribution in [-0.2, 0) is 0 Å². The van der Waals surface area contributed by atoms with Gasteiger partial charge >= 0.3 is 0 Å². The van der Waals surface area contributed by atoms with Crippen molar-refractivity contribution in [3.63, 3.8) is 0 Å². The first-order valence-corrected chi connectivity index (χ1v) is 7.67. The highest BCUT2D eigenvalue weighted by molar-refractivity contribution is 6.05. The van der Waals surface area contributed by atoms with Crippen molar-refractivity contribution in [1.82, 2.24) is 5.32 Å². The minimum absolute atomic E-state index is 0.166. The molecule has 0 radical (unpaired) electrons. The lowest BCUT2D eigenvalue weighted by Gasteiger charge is -2.15. The van der Waals surface area contributed by atoms with Crippen molar-refractivity contribution in [2.75, 3.05) is 6.54 Å². The van der Waals surface area contributed by atoms with Crippen molar-refractivity contribution >= 4 is 11.7 Å². The maximum Gasteiger partial charge on any atom is 0.218 e. The van der Waals surface area contributed by atoms with E-state index in [-0.39, 0.29) is 6.04 Å². The van der Waals surface area contributed by atoms with E-state index in [1.807, 2.05) is 50.2 Å². The molecular weight excluding hydrogens is 270 g/mol. The zero-order valence-corrected chi connectivity index (χ0v) is 13.5. The Balaban J connectivity index is 2.16. The highest BCUT2D eigenvalue weighted by Gasteiger charge is 2.07. The smallest absolute Gasteiger partial charge is 0.218 e. The van der Waals surface area contributed by atoms with Crippen LogP contribution in [0.25, 0.3) is 0 Å². The molecule has 2 rings (SSSR count). The van der Waals surface area contributed by atoms with Gasteiger partial charge in [-0.25, -0.2) is 4.99 Å². The molecule has 22 heavy (non-hydrogen) atoms. The average Bonchev–Trinajstić information content (AvgIpc) is 2.56. The average molecular weight is 293 g/mol. The second kappa shape index (κ2) is 8.13. The summed E-state index contributed by atoms with van der Waals surface area (Å²) in [7, 11) is 0. The second-order valence-electron chi connectivity index (χ2n) is 5.14. The summed E-state index contributed by atoms with van der Waals surface area (Å²) in [5.41, 5.74) is 3.29. The Labute approximate surface area is 132 Å². The molecule has 0 spiro atoms. The van der Waals surface area contributed by atoms with Crippen LogP contribution in [0.1, 0.15) is 37.9 Å². The van der Waals surface area contributed by atoms with Gasteiger partial charge in [-0.05, 0) is 31.9 Å². The molecule has 0 bridgehead atoms. The number of guanidine groups is 1. The molecule has 2 aromatic carbocycles. The van der Waals surface area contributed by atoms with Crippen molar-refractivity contribution < 1.29 is 0 Å². The summed E-state index contributed by atoms with van der Waals surface area (Å²) < 4.78 is 0. The second-order valence-corrected chi connectivity index (χ2v) is 5.14. The molecule has 0 aliphatic heterocycles. The van der Waals surface area contributed by atoms with Crippen molar-refractivity contribution in [2.24, 2.45) is 9.98 Å². The zero-order chi connectivity index (χ0) is 15.8. The van der Waals surface area contributed by atoms with Gasteiger partial charge in [-0.2, -0.15) is 0 Å². The summed E-state index contributed by atoms with van der Waals surface area (Å²) >= 11 is 0. The van der Waals surface area contributed by atoms with Gasteiger partial charge in [-0.3, -0.25) is 4.99 Å². The van der Waals surface area contributed by atoms with E-state index in [1.165, 1.54) is 5.56 Å². The molecule has 1 unspecified atom stereocenters. The highest BCUT2D eigenvalue weighted by Crippen LogP contribution is 2.11. The molecule has 0 saturated heterocycles. The van der Waals surface area contributed by atoms with E-state index in [1.54, 1.807) is 0 Å². The van der Waals surface area contributed by atoms with Gasteiger partial charge in [0.1, 0.15) is 0 Å². The summed E-state index contributed by atoms with van der Waals surface area (Å²) in [5, 5.41) is 3.40. The van der Waals surface area contributed by atoms with Crippen LogP contribution in [0, 0.1) is 0 Å². The SMILES string of the molecule is CCN=C(/N=C(\C)c1ccccc1)NC(C)c1ccccc1. The van der Waals surface area contributed by atoms with Crippen LogP contribution in [0.4, 0.5) is 0 Å². The monoisotopic (exact) mass is 293 g/mol. The van der Waals surface area contributed by atoms with E-state index < -0.39 is 0 Å². The van der Waals surface area contributed by atoms with Gasteiger partial charge in [-0.1, -0.05) is 60.7 Å². The van der Waals surface area contributed by atoms with E-state index in [0.29, 0.717) is 12.5 Å². The lowest BCUT2D eigenvalue weighted by Crippen LogP contribution is -2.26. The molecule has 3 nitrogen and oxygen atoms in total. The number of hydrogen-bond donors (Lipinski definition) is 1. The number of rotatable bonds is 4. The summed E-state index contributed by atoms with van der Waals surface area (Å²) in [6.07, 6.45) is 0. The predicted octanol–water partition coefficient (Wildman–Crippen LogP) is 4.22. The number of hydrogen-bond acceptors (Lipinski definition) is 1. The maximum absolute atomic E-state index is 4.66. The van der Waals surface area contributed by atoms with Crippen molar-refractivity contribution in [3.05, 3.63) is 71.8 Å². The number of benzene rings is 2. The van der Waals surface area contributed by atoms with Gasteiger partial charge in [0, 0.05) is 12.3 Å². The largest absolute Gasteiger partial charge is 0.348 e. The topological polar surface area (TPSA) is 36.8 Å². The fourth-order valence-electron chi connectivity index (χ4n) is 2.18. The third-order valence-corrected chi connectivity index (χ3v) is 3.42. The summed E-state index contributed by atoms with van der Waals surface area (Å²) in [5.74, 6) is 0.681. The Morgan fingerprint density at radius 2 is 1.59 bits per heavy atom. The Morgan fingerprint density at radius 1 is 1.00 bits per heavy atom. The minimum Gasteiger partial charge on any atom is -0.348 e. The van der Waals surface area contributed by atoms with Crippen LogP contribution in [0.5, 0.6) is 0 Å². The van der Waals surface area contributed by atoms with E-state index in [9.17, 15) is 0 Å². The summed E-state index contributed by atoms with van der Waals surface area (Å²) in [6, 6.07) is 20.7. The third-order valence-electron chi connectivity index (χ3n) is 3.42. The standard InChI is InChI=1S/C19H23N3/c1-4-20-19(21-15(2)17-11-7-5-8-12-17)22-16(3)18-13-9-6-10-14-18/h5-15H,4H2,1-3H3,(H,20,21)/b22-16+. The predicted molar refractivity (Wildman–Crippen MR) is 94.6 cm³/mol. The molecule has 0 amide bonds. The number of aliphatic imine (C=N–C) groups is 2. The van der Waals surface area contributed by atoms with E-state index in [0.717, 1.165) is 11.3 Å².